The second-order valence-electron chi connectivity index (χ2n) is 6.20. The number of likely N-dealkylation sites (tertiary alicyclic amines) is 1. The fraction of sp³-hybridized carbons (Fsp3) is 0.421. The van der Waals surface area contributed by atoms with Crippen molar-refractivity contribution >= 4 is 33.2 Å². The molecule has 1 atom stereocenters. The Hall–Kier alpha value is -1.17. The lowest BCUT2D eigenvalue weighted by Crippen LogP contribution is -2.38. The molecule has 2 heterocycles. The van der Waals surface area contributed by atoms with E-state index in [-0.39, 0.29) is 11.9 Å². The van der Waals surface area contributed by atoms with E-state index in [4.69, 9.17) is 0 Å². The van der Waals surface area contributed by atoms with Gasteiger partial charge in [-0.1, -0.05) is 34.8 Å². The van der Waals surface area contributed by atoms with Crippen molar-refractivity contribution in [3.05, 3.63) is 56.7 Å². The maximum atomic E-state index is 12.4. The molecule has 0 unspecified atom stereocenters. The fourth-order valence-electron chi connectivity index (χ4n) is 3.19. The van der Waals surface area contributed by atoms with Crippen LogP contribution in [0.1, 0.15) is 47.0 Å². The van der Waals surface area contributed by atoms with Crippen molar-refractivity contribution in [1.82, 2.24) is 10.2 Å². The van der Waals surface area contributed by atoms with E-state index in [2.05, 4.69) is 43.7 Å². The Labute approximate surface area is 156 Å². The largest absolute Gasteiger partial charge is 0.350 e. The summed E-state index contributed by atoms with van der Waals surface area (Å²) in [6.07, 6.45) is 5.14. The third-order valence-electron chi connectivity index (χ3n) is 4.52. The molecule has 3 nitrogen and oxygen atoms in total. The molecule has 0 spiro atoms. The van der Waals surface area contributed by atoms with Crippen LogP contribution in [0.2, 0.25) is 0 Å². The van der Waals surface area contributed by atoms with Crippen molar-refractivity contribution in [1.29, 1.82) is 0 Å². The molecule has 24 heavy (non-hydrogen) atoms. The minimum absolute atomic E-state index is 0.00104. The van der Waals surface area contributed by atoms with Crippen LogP contribution in [0.4, 0.5) is 0 Å². The minimum Gasteiger partial charge on any atom is -0.350 e. The Kier molecular flexibility index (Phi) is 6.46. The lowest BCUT2D eigenvalue weighted by molar-refractivity contribution is 0.0934. The Morgan fingerprint density at radius 3 is 2.46 bits per heavy atom. The highest BCUT2D eigenvalue weighted by molar-refractivity contribution is 9.10. The van der Waals surface area contributed by atoms with Crippen LogP contribution in [0.15, 0.2) is 46.3 Å². The fourth-order valence-corrected chi connectivity index (χ4v) is 4.32. The quantitative estimate of drug-likeness (QED) is 0.768. The van der Waals surface area contributed by atoms with Gasteiger partial charge in [0.2, 0.25) is 0 Å². The van der Waals surface area contributed by atoms with E-state index >= 15 is 0 Å². The molecule has 1 aliphatic rings. The molecule has 1 fully saturated rings. The predicted molar refractivity (Wildman–Crippen MR) is 104 cm³/mol. The van der Waals surface area contributed by atoms with Gasteiger partial charge in [0.05, 0.1) is 6.04 Å². The van der Waals surface area contributed by atoms with Gasteiger partial charge in [-0.25, -0.2) is 0 Å². The van der Waals surface area contributed by atoms with Crippen LogP contribution < -0.4 is 5.32 Å². The van der Waals surface area contributed by atoms with Crippen molar-refractivity contribution in [3.8, 4) is 0 Å². The number of hydrogen-bond donors (Lipinski definition) is 1. The number of rotatable bonds is 5. The molecule has 0 bridgehead atoms. The van der Waals surface area contributed by atoms with Crippen LogP contribution in [0.25, 0.3) is 0 Å². The van der Waals surface area contributed by atoms with Crippen molar-refractivity contribution in [2.75, 3.05) is 19.6 Å². The Balaban J connectivity index is 1.67. The van der Waals surface area contributed by atoms with Gasteiger partial charge in [0, 0.05) is 21.5 Å². The summed E-state index contributed by atoms with van der Waals surface area (Å²) < 4.78 is 0.986. The average molecular weight is 407 g/mol. The summed E-state index contributed by atoms with van der Waals surface area (Å²) in [6.45, 7) is 2.91. The van der Waals surface area contributed by atoms with E-state index in [1.807, 2.05) is 24.3 Å². The first-order chi connectivity index (χ1) is 11.7. The second kappa shape index (κ2) is 8.79. The molecular weight excluding hydrogens is 384 g/mol. The number of benzene rings is 1. The van der Waals surface area contributed by atoms with Gasteiger partial charge in [-0.15, -0.1) is 11.3 Å². The van der Waals surface area contributed by atoms with E-state index < -0.39 is 0 Å². The highest BCUT2D eigenvalue weighted by Gasteiger charge is 2.23. The summed E-state index contributed by atoms with van der Waals surface area (Å²) >= 11 is 5.19. The number of hydrogen-bond acceptors (Lipinski definition) is 3. The number of amides is 1. The average Bonchev–Trinajstić information content (AvgIpc) is 2.98. The topological polar surface area (TPSA) is 32.3 Å². The van der Waals surface area contributed by atoms with Gasteiger partial charge in [0.1, 0.15) is 0 Å². The third-order valence-corrected chi connectivity index (χ3v) is 6.02. The highest BCUT2D eigenvalue weighted by atomic mass is 79.9. The molecule has 1 aliphatic heterocycles. The SMILES string of the molecule is O=C(NC[C@H](c1cccs1)N1CCCCCC1)c1ccc(Br)cc1. The van der Waals surface area contributed by atoms with Crippen LogP contribution in [0.5, 0.6) is 0 Å². The first-order valence-corrected chi connectivity index (χ1v) is 10.2. The monoisotopic (exact) mass is 406 g/mol. The smallest absolute Gasteiger partial charge is 0.251 e. The maximum Gasteiger partial charge on any atom is 0.251 e. The molecule has 0 radical (unpaired) electrons. The standard InChI is InChI=1S/C19H23BrN2OS/c20-16-9-7-15(8-10-16)19(23)21-14-17(18-6-5-13-24-18)22-11-3-1-2-4-12-22/h5-10,13,17H,1-4,11-12,14H2,(H,21,23)/t17-/m1/s1. The molecule has 1 aromatic carbocycles. The second-order valence-corrected chi connectivity index (χ2v) is 8.09. The van der Waals surface area contributed by atoms with E-state index in [1.165, 1.54) is 30.6 Å². The number of carbonyl (C=O) groups excluding carboxylic acids is 1. The summed E-state index contributed by atoms with van der Waals surface area (Å²) in [6, 6.07) is 12.1. The molecular formula is C19H23BrN2OS. The van der Waals surface area contributed by atoms with Crippen LogP contribution in [-0.4, -0.2) is 30.4 Å². The molecule has 128 valence electrons. The van der Waals surface area contributed by atoms with E-state index in [0.717, 1.165) is 17.6 Å². The third kappa shape index (κ3) is 4.68. The van der Waals surface area contributed by atoms with Crippen molar-refractivity contribution < 1.29 is 4.79 Å². The lowest BCUT2D eigenvalue weighted by Gasteiger charge is -2.30. The summed E-state index contributed by atoms with van der Waals surface area (Å²) in [5.41, 5.74) is 0.707. The van der Waals surface area contributed by atoms with Crippen LogP contribution in [-0.2, 0) is 0 Å². The number of nitrogens with one attached hydrogen (secondary N) is 1. The van der Waals surface area contributed by atoms with E-state index in [0.29, 0.717) is 12.1 Å². The van der Waals surface area contributed by atoms with Crippen molar-refractivity contribution in [2.24, 2.45) is 0 Å². The summed E-state index contributed by atoms with van der Waals surface area (Å²) in [5, 5.41) is 5.26. The highest BCUT2D eigenvalue weighted by Crippen LogP contribution is 2.27. The lowest BCUT2D eigenvalue weighted by atomic mass is 10.1. The normalized spacial score (nSPS) is 17.2. The number of carbonyl (C=O) groups is 1. The molecule has 1 amide bonds. The Bertz CT molecular complexity index is 634. The van der Waals surface area contributed by atoms with Gasteiger partial charge >= 0.3 is 0 Å². The zero-order valence-corrected chi connectivity index (χ0v) is 16.1. The van der Waals surface area contributed by atoms with Crippen LogP contribution in [0, 0.1) is 0 Å². The van der Waals surface area contributed by atoms with Gasteiger partial charge in [0.25, 0.3) is 5.91 Å². The van der Waals surface area contributed by atoms with E-state index in [1.54, 1.807) is 11.3 Å². The first-order valence-electron chi connectivity index (χ1n) is 8.55. The van der Waals surface area contributed by atoms with Gasteiger partial charge in [-0.05, 0) is 61.6 Å². The van der Waals surface area contributed by atoms with Gasteiger partial charge in [-0.3, -0.25) is 9.69 Å². The molecule has 1 saturated heterocycles. The summed E-state index contributed by atoms with van der Waals surface area (Å²) in [4.78, 5) is 16.3. The van der Waals surface area contributed by atoms with Crippen LogP contribution >= 0.6 is 27.3 Å². The number of nitrogens with zero attached hydrogens (tertiary/aromatic N) is 1. The number of halogens is 1. The summed E-state index contributed by atoms with van der Waals surface area (Å²) in [5.74, 6) is -0.00104. The first kappa shape index (κ1) is 17.6. The van der Waals surface area contributed by atoms with Gasteiger partial charge in [0.15, 0.2) is 0 Å². The molecule has 5 heteroatoms. The molecule has 2 aromatic rings. The summed E-state index contributed by atoms with van der Waals surface area (Å²) in [7, 11) is 0. The predicted octanol–water partition coefficient (Wildman–Crippen LogP) is 4.86. The van der Waals surface area contributed by atoms with E-state index in [9.17, 15) is 4.79 Å². The molecule has 3 rings (SSSR count). The zero-order chi connectivity index (χ0) is 16.8. The van der Waals surface area contributed by atoms with Gasteiger partial charge in [-0.2, -0.15) is 0 Å². The Morgan fingerprint density at radius 2 is 1.83 bits per heavy atom. The number of thiophene rings is 1. The molecule has 0 saturated carbocycles. The minimum atomic E-state index is -0.00104. The van der Waals surface area contributed by atoms with Crippen LogP contribution in [0.3, 0.4) is 0 Å². The zero-order valence-electron chi connectivity index (χ0n) is 13.7. The maximum absolute atomic E-state index is 12.4. The van der Waals surface area contributed by atoms with Crippen molar-refractivity contribution in [3.63, 3.8) is 0 Å². The van der Waals surface area contributed by atoms with Gasteiger partial charge < -0.3 is 5.32 Å². The molecule has 1 aromatic heterocycles. The molecule has 1 N–H and O–H groups in total. The van der Waals surface area contributed by atoms with Crippen molar-refractivity contribution in [2.45, 2.75) is 31.7 Å². The Morgan fingerprint density at radius 1 is 1.12 bits per heavy atom. The molecule has 0 aliphatic carbocycles.